The molecule has 0 radical (unpaired) electrons. The number of nitrogens with zero attached hydrogens (tertiary/aromatic N) is 3. The number of hydrogen-bond acceptors (Lipinski definition) is 5. The Morgan fingerprint density at radius 3 is 2.71 bits per heavy atom. The van der Waals surface area contributed by atoms with Gasteiger partial charge in [0.1, 0.15) is 0 Å². The maximum Gasteiger partial charge on any atom is 0.270 e. The Bertz CT molecular complexity index is 578. The highest BCUT2D eigenvalue weighted by atomic mass is 16.6. The van der Waals surface area contributed by atoms with Gasteiger partial charge >= 0.3 is 0 Å². The monoisotopic (exact) mass is 290 g/mol. The van der Waals surface area contributed by atoms with Crippen molar-refractivity contribution in [2.45, 2.75) is 20.3 Å². The van der Waals surface area contributed by atoms with Crippen LogP contribution in [0.1, 0.15) is 30.6 Å². The number of rotatable bonds is 6. The summed E-state index contributed by atoms with van der Waals surface area (Å²) < 4.78 is 0. The van der Waals surface area contributed by atoms with E-state index in [1.807, 2.05) is 19.9 Å². The highest BCUT2D eigenvalue weighted by molar-refractivity contribution is 5.99. The van der Waals surface area contributed by atoms with Crippen LogP contribution in [0.15, 0.2) is 18.2 Å². The number of anilines is 1. The van der Waals surface area contributed by atoms with Crippen LogP contribution in [0.5, 0.6) is 0 Å². The van der Waals surface area contributed by atoms with Gasteiger partial charge in [0.05, 0.1) is 23.0 Å². The first kappa shape index (κ1) is 16.4. The second-order valence-corrected chi connectivity index (χ2v) is 5.08. The first-order valence-electron chi connectivity index (χ1n) is 6.57. The molecule has 0 saturated heterocycles. The largest absolute Gasteiger partial charge is 0.398 e. The van der Waals surface area contributed by atoms with Crippen molar-refractivity contribution in [3.8, 4) is 6.07 Å². The molecule has 0 unspecified atom stereocenters. The van der Waals surface area contributed by atoms with E-state index in [2.05, 4.69) is 0 Å². The van der Waals surface area contributed by atoms with E-state index in [1.165, 1.54) is 23.1 Å². The summed E-state index contributed by atoms with van der Waals surface area (Å²) in [6.07, 6.45) is 0.202. The summed E-state index contributed by atoms with van der Waals surface area (Å²) in [7, 11) is 0. The number of carbonyl (C=O) groups is 1. The number of benzene rings is 1. The van der Waals surface area contributed by atoms with Crippen molar-refractivity contribution in [1.82, 2.24) is 4.90 Å². The van der Waals surface area contributed by atoms with E-state index >= 15 is 0 Å². The van der Waals surface area contributed by atoms with Crippen LogP contribution in [-0.4, -0.2) is 28.8 Å². The van der Waals surface area contributed by atoms with Gasteiger partial charge < -0.3 is 10.6 Å². The van der Waals surface area contributed by atoms with Crippen molar-refractivity contribution in [2.24, 2.45) is 5.92 Å². The fourth-order valence-electron chi connectivity index (χ4n) is 1.91. The van der Waals surface area contributed by atoms with Crippen LogP contribution < -0.4 is 5.73 Å². The number of amides is 1. The van der Waals surface area contributed by atoms with Gasteiger partial charge in [0, 0.05) is 30.9 Å². The van der Waals surface area contributed by atoms with E-state index in [0.29, 0.717) is 6.54 Å². The summed E-state index contributed by atoms with van der Waals surface area (Å²) in [5, 5.41) is 19.5. The van der Waals surface area contributed by atoms with Crippen LogP contribution in [0.4, 0.5) is 11.4 Å². The molecule has 0 saturated carbocycles. The number of hydrogen-bond donors (Lipinski definition) is 1. The zero-order valence-electron chi connectivity index (χ0n) is 12.1. The van der Waals surface area contributed by atoms with E-state index in [0.717, 1.165) is 0 Å². The number of nitrogens with two attached hydrogens (primary N) is 1. The molecule has 0 aliphatic rings. The molecular formula is C14H18N4O3. The fraction of sp³-hybridized carbons (Fsp3) is 0.429. The van der Waals surface area contributed by atoms with Gasteiger partial charge in [0.15, 0.2) is 0 Å². The van der Waals surface area contributed by atoms with Gasteiger partial charge in [-0.05, 0) is 12.0 Å². The van der Waals surface area contributed by atoms with E-state index in [1.54, 1.807) is 0 Å². The Morgan fingerprint density at radius 1 is 1.52 bits per heavy atom. The predicted octanol–water partition coefficient (Wildman–Crippen LogP) is 2.19. The van der Waals surface area contributed by atoms with Crippen molar-refractivity contribution < 1.29 is 9.72 Å². The number of nitrogen functional groups attached to an aromatic ring is 1. The molecule has 0 aromatic heterocycles. The Hall–Kier alpha value is -2.62. The van der Waals surface area contributed by atoms with Crippen molar-refractivity contribution in [3.63, 3.8) is 0 Å². The third-order valence-corrected chi connectivity index (χ3v) is 2.84. The van der Waals surface area contributed by atoms with Gasteiger partial charge in [0.25, 0.3) is 11.6 Å². The lowest BCUT2D eigenvalue weighted by Gasteiger charge is -2.24. The molecule has 21 heavy (non-hydrogen) atoms. The summed E-state index contributed by atoms with van der Waals surface area (Å²) >= 11 is 0. The van der Waals surface area contributed by atoms with Crippen molar-refractivity contribution in [2.75, 3.05) is 18.8 Å². The molecule has 1 aromatic rings. The molecule has 7 nitrogen and oxygen atoms in total. The summed E-state index contributed by atoms with van der Waals surface area (Å²) in [5.41, 5.74) is 5.86. The Morgan fingerprint density at radius 2 is 2.19 bits per heavy atom. The summed E-state index contributed by atoms with van der Waals surface area (Å²) in [6.45, 7) is 4.63. The first-order valence-corrected chi connectivity index (χ1v) is 6.57. The topological polar surface area (TPSA) is 113 Å². The van der Waals surface area contributed by atoms with Crippen LogP contribution in [-0.2, 0) is 0 Å². The van der Waals surface area contributed by atoms with E-state index in [9.17, 15) is 14.9 Å². The SMILES string of the molecule is CC(C)CN(CCC#N)C(=O)c1cc([N+](=O)[O-])ccc1N. The van der Waals surface area contributed by atoms with Crippen LogP contribution in [0.25, 0.3) is 0 Å². The second kappa shape index (κ2) is 7.24. The average molecular weight is 290 g/mol. The minimum atomic E-state index is -0.571. The van der Waals surface area contributed by atoms with Gasteiger partial charge in [-0.3, -0.25) is 14.9 Å². The third kappa shape index (κ3) is 4.45. The number of nitro groups is 1. The van der Waals surface area contributed by atoms with Crippen LogP contribution in [0.2, 0.25) is 0 Å². The standard InChI is InChI=1S/C14H18N4O3/c1-10(2)9-17(7-3-6-15)14(19)12-8-11(18(20)21)4-5-13(12)16/h4-5,8,10H,3,7,9,16H2,1-2H3. The van der Waals surface area contributed by atoms with Gasteiger partial charge in [-0.2, -0.15) is 5.26 Å². The molecule has 0 bridgehead atoms. The Balaban J connectivity index is 3.10. The zero-order valence-corrected chi connectivity index (χ0v) is 12.1. The van der Waals surface area contributed by atoms with E-state index in [-0.39, 0.29) is 41.7 Å². The highest BCUT2D eigenvalue weighted by Crippen LogP contribution is 2.21. The molecule has 1 amide bonds. The maximum atomic E-state index is 12.5. The van der Waals surface area contributed by atoms with Crippen LogP contribution in [0, 0.1) is 27.4 Å². The molecule has 0 atom stereocenters. The smallest absolute Gasteiger partial charge is 0.270 e. The number of carbonyl (C=O) groups excluding carboxylic acids is 1. The molecule has 1 aromatic carbocycles. The first-order chi connectivity index (χ1) is 9.86. The molecular weight excluding hydrogens is 272 g/mol. The van der Waals surface area contributed by atoms with Crippen molar-refractivity contribution in [3.05, 3.63) is 33.9 Å². The fourth-order valence-corrected chi connectivity index (χ4v) is 1.91. The number of nitro benzene ring substituents is 1. The van der Waals surface area contributed by atoms with Gasteiger partial charge in [-0.1, -0.05) is 13.8 Å². The maximum absolute atomic E-state index is 12.5. The van der Waals surface area contributed by atoms with Gasteiger partial charge in [0.2, 0.25) is 0 Å². The third-order valence-electron chi connectivity index (χ3n) is 2.84. The lowest BCUT2D eigenvalue weighted by atomic mass is 10.1. The van der Waals surface area contributed by atoms with E-state index < -0.39 is 4.92 Å². The summed E-state index contributed by atoms with van der Waals surface area (Å²) in [4.78, 5) is 24.2. The second-order valence-electron chi connectivity index (χ2n) is 5.08. The summed E-state index contributed by atoms with van der Waals surface area (Å²) in [5.74, 6) is -0.173. The molecule has 7 heteroatoms. The molecule has 112 valence electrons. The molecule has 2 N–H and O–H groups in total. The Kier molecular flexibility index (Phi) is 5.67. The molecule has 0 aliphatic carbocycles. The average Bonchev–Trinajstić information content (AvgIpc) is 2.42. The zero-order chi connectivity index (χ0) is 16.0. The molecule has 0 spiro atoms. The Labute approximate surface area is 123 Å². The lowest BCUT2D eigenvalue weighted by molar-refractivity contribution is -0.384. The predicted molar refractivity (Wildman–Crippen MR) is 78.5 cm³/mol. The lowest BCUT2D eigenvalue weighted by Crippen LogP contribution is -2.35. The van der Waals surface area contributed by atoms with Crippen molar-refractivity contribution >= 4 is 17.3 Å². The molecule has 0 heterocycles. The summed E-state index contributed by atoms with van der Waals surface area (Å²) in [6, 6.07) is 5.78. The van der Waals surface area contributed by atoms with Gasteiger partial charge in [-0.25, -0.2) is 0 Å². The minimum Gasteiger partial charge on any atom is -0.398 e. The van der Waals surface area contributed by atoms with E-state index in [4.69, 9.17) is 11.0 Å². The minimum absolute atomic E-state index is 0.0998. The quantitative estimate of drug-likeness (QED) is 0.490. The normalized spacial score (nSPS) is 10.2. The highest BCUT2D eigenvalue weighted by Gasteiger charge is 2.21. The van der Waals surface area contributed by atoms with Gasteiger partial charge in [-0.15, -0.1) is 0 Å². The molecule has 0 fully saturated rings. The number of nitriles is 1. The van der Waals surface area contributed by atoms with Crippen LogP contribution in [0.3, 0.4) is 0 Å². The van der Waals surface area contributed by atoms with Crippen molar-refractivity contribution in [1.29, 1.82) is 5.26 Å². The van der Waals surface area contributed by atoms with Crippen LogP contribution >= 0.6 is 0 Å². The molecule has 0 aliphatic heterocycles. The number of non-ortho nitro benzene ring substituents is 1. The molecule has 1 rings (SSSR count).